The van der Waals surface area contributed by atoms with Crippen molar-refractivity contribution in [2.45, 2.75) is 32.2 Å². The maximum atomic E-state index is 9.63. The Kier molecular flexibility index (Phi) is 3.67. The Bertz CT molecular complexity index is 344. The van der Waals surface area contributed by atoms with E-state index in [1.165, 1.54) is 12.8 Å². The first-order valence-electron chi connectivity index (χ1n) is 6.02. The highest BCUT2D eigenvalue weighted by molar-refractivity contribution is 5.51. The fraction of sp³-hybridized carbons (Fsp3) is 0.538. The van der Waals surface area contributed by atoms with Gasteiger partial charge in [0.1, 0.15) is 5.75 Å². The van der Waals surface area contributed by atoms with E-state index in [0.29, 0.717) is 11.8 Å². The van der Waals surface area contributed by atoms with Crippen molar-refractivity contribution in [3.05, 3.63) is 23.8 Å². The van der Waals surface area contributed by atoms with Gasteiger partial charge >= 0.3 is 0 Å². The molecule has 0 saturated carbocycles. The number of anilines is 1. The maximum absolute atomic E-state index is 9.63. The molecule has 1 unspecified atom stereocenters. The number of nitrogens with one attached hydrogen (secondary N) is 2. The Morgan fingerprint density at radius 1 is 1.31 bits per heavy atom. The number of rotatable bonds is 2. The first-order valence-corrected chi connectivity index (χ1v) is 6.02. The van der Waals surface area contributed by atoms with Crippen molar-refractivity contribution in [3.63, 3.8) is 0 Å². The second-order valence-corrected chi connectivity index (χ2v) is 4.52. The number of benzene rings is 1. The van der Waals surface area contributed by atoms with Crippen molar-refractivity contribution in [2.75, 3.05) is 18.4 Å². The Hall–Kier alpha value is -1.22. The Morgan fingerprint density at radius 2 is 2.19 bits per heavy atom. The molecule has 0 aromatic heterocycles. The predicted octanol–water partition coefficient (Wildman–Crippen LogP) is 2.25. The molecule has 0 aliphatic carbocycles. The van der Waals surface area contributed by atoms with E-state index < -0.39 is 0 Å². The van der Waals surface area contributed by atoms with Crippen molar-refractivity contribution >= 4 is 5.69 Å². The van der Waals surface area contributed by atoms with Gasteiger partial charge in [-0.1, -0.05) is 6.07 Å². The van der Waals surface area contributed by atoms with Gasteiger partial charge in [0.2, 0.25) is 0 Å². The van der Waals surface area contributed by atoms with Crippen LogP contribution in [0.5, 0.6) is 5.75 Å². The summed E-state index contributed by atoms with van der Waals surface area (Å²) in [4.78, 5) is 0. The summed E-state index contributed by atoms with van der Waals surface area (Å²) in [6.45, 7) is 4.11. The Morgan fingerprint density at radius 3 is 3.00 bits per heavy atom. The lowest BCUT2D eigenvalue weighted by molar-refractivity contribution is 0.471. The van der Waals surface area contributed by atoms with Crippen molar-refractivity contribution in [1.82, 2.24) is 5.32 Å². The van der Waals surface area contributed by atoms with Gasteiger partial charge in [-0.25, -0.2) is 0 Å². The summed E-state index contributed by atoms with van der Waals surface area (Å²) < 4.78 is 0. The zero-order valence-corrected chi connectivity index (χ0v) is 9.79. The molecule has 1 aromatic rings. The molecule has 1 atom stereocenters. The van der Waals surface area contributed by atoms with E-state index in [9.17, 15) is 5.11 Å². The van der Waals surface area contributed by atoms with Crippen LogP contribution in [0.25, 0.3) is 0 Å². The SMILES string of the molecule is Cc1ccc(NC2CCCNCC2)cc1O. The minimum Gasteiger partial charge on any atom is -0.508 e. The van der Waals surface area contributed by atoms with Crippen LogP contribution in [-0.4, -0.2) is 24.2 Å². The fourth-order valence-corrected chi connectivity index (χ4v) is 2.10. The average Bonchev–Trinajstić information content (AvgIpc) is 2.52. The van der Waals surface area contributed by atoms with E-state index in [2.05, 4.69) is 10.6 Å². The van der Waals surface area contributed by atoms with Crippen LogP contribution >= 0.6 is 0 Å². The van der Waals surface area contributed by atoms with Crippen molar-refractivity contribution in [1.29, 1.82) is 0 Å². The first kappa shape index (κ1) is 11.3. The number of phenolic OH excluding ortho intramolecular Hbond substituents is 1. The number of aromatic hydroxyl groups is 1. The minimum atomic E-state index is 0.372. The van der Waals surface area contributed by atoms with Gasteiger partial charge in [0.05, 0.1) is 0 Å². The van der Waals surface area contributed by atoms with Crippen LogP contribution in [0.1, 0.15) is 24.8 Å². The van der Waals surface area contributed by atoms with Crippen LogP contribution in [0.2, 0.25) is 0 Å². The average molecular weight is 220 g/mol. The number of aryl methyl sites for hydroxylation is 1. The first-order chi connectivity index (χ1) is 7.75. The fourth-order valence-electron chi connectivity index (χ4n) is 2.10. The lowest BCUT2D eigenvalue weighted by atomic mass is 10.1. The van der Waals surface area contributed by atoms with Crippen LogP contribution in [0, 0.1) is 6.92 Å². The van der Waals surface area contributed by atoms with Gasteiger partial charge in [-0.05, 0) is 50.9 Å². The molecule has 2 rings (SSSR count). The summed E-state index contributed by atoms with van der Waals surface area (Å²) in [6.07, 6.45) is 3.56. The molecule has 88 valence electrons. The van der Waals surface area contributed by atoms with Gasteiger partial charge in [0.15, 0.2) is 0 Å². The number of hydrogen-bond acceptors (Lipinski definition) is 3. The topological polar surface area (TPSA) is 44.3 Å². The second-order valence-electron chi connectivity index (χ2n) is 4.52. The monoisotopic (exact) mass is 220 g/mol. The van der Waals surface area contributed by atoms with Crippen molar-refractivity contribution < 1.29 is 5.11 Å². The normalized spacial score (nSPS) is 21.4. The summed E-state index contributed by atoms with van der Waals surface area (Å²) in [5.41, 5.74) is 1.95. The Labute approximate surface area is 96.9 Å². The molecule has 1 fully saturated rings. The van der Waals surface area contributed by atoms with Crippen LogP contribution in [0.4, 0.5) is 5.69 Å². The summed E-state index contributed by atoms with van der Waals surface area (Å²) in [7, 11) is 0. The summed E-state index contributed by atoms with van der Waals surface area (Å²) >= 11 is 0. The van der Waals surface area contributed by atoms with E-state index in [1.54, 1.807) is 0 Å². The molecule has 0 radical (unpaired) electrons. The van der Waals surface area contributed by atoms with Gasteiger partial charge in [-0.15, -0.1) is 0 Å². The lowest BCUT2D eigenvalue weighted by Gasteiger charge is -2.17. The molecule has 1 aromatic carbocycles. The number of hydrogen-bond donors (Lipinski definition) is 3. The minimum absolute atomic E-state index is 0.372. The molecule has 16 heavy (non-hydrogen) atoms. The molecule has 1 heterocycles. The molecule has 3 heteroatoms. The molecular formula is C13H20N2O. The van der Waals surface area contributed by atoms with E-state index in [1.807, 2.05) is 25.1 Å². The summed E-state index contributed by atoms with van der Waals surface area (Å²) in [6, 6.07) is 6.32. The molecular weight excluding hydrogens is 200 g/mol. The van der Waals surface area contributed by atoms with E-state index in [0.717, 1.165) is 30.8 Å². The molecule has 3 N–H and O–H groups in total. The van der Waals surface area contributed by atoms with E-state index >= 15 is 0 Å². The van der Waals surface area contributed by atoms with Crippen molar-refractivity contribution in [2.24, 2.45) is 0 Å². The molecule has 0 bridgehead atoms. The van der Waals surface area contributed by atoms with Gasteiger partial charge in [-0.3, -0.25) is 0 Å². The van der Waals surface area contributed by atoms with Crippen LogP contribution in [0.3, 0.4) is 0 Å². The third-order valence-corrected chi connectivity index (χ3v) is 3.16. The summed E-state index contributed by atoms with van der Waals surface area (Å²) in [5.74, 6) is 0.372. The van der Waals surface area contributed by atoms with Crippen LogP contribution < -0.4 is 10.6 Å². The molecule has 0 amide bonds. The summed E-state index contributed by atoms with van der Waals surface area (Å²) in [5, 5.41) is 16.5. The second kappa shape index (κ2) is 5.21. The van der Waals surface area contributed by atoms with E-state index in [-0.39, 0.29) is 0 Å². The van der Waals surface area contributed by atoms with Gasteiger partial charge < -0.3 is 15.7 Å². The predicted molar refractivity (Wildman–Crippen MR) is 67.0 cm³/mol. The molecule has 0 spiro atoms. The largest absolute Gasteiger partial charge is 0.508 e. The highest BCUT2D eigenvalue weighted by Crippen LogP contribution is 2.22. The van der Waals surface area contributed by atoms with Gasteiger partial charge in [0.25, 0.3) is 0 Å². The van der Waals surface area contributed by atoms with Crippen LogP contribution in [0.15, 0.2) is 18.2 Å². The third kappa shape index (κ3) is 2.89. The lowest BCUT2D eigenvalue weighted by Crippen LogP contribution is -2.21. The molecule has 1 aliphatic heterocycles. The van der Waals surface area contributed by atoms with Gasteiger partial charge in [-0.2, -0.15) is 0 Å². The van der Waals surface area contributed by atoms with Crippen molar-refractivity contribution in [3.8, 4) is 5.75 Å². The highest BCUT2D eigenvalue weighted by atomic mass is 16.3. The highest BCUT2D eigenvalue weighted by Gasteiger charge is 2.11. The van der Waals surface area contributed by atoms with E-state index in [4.69, 9.17) is 0 Å². The quantitative estimate of drug-likeness (QED) is 0.716. The molecule has 1 aliphatic rings. The molecule has 3 nitrogen and oxygen atoms in total. The number of phenols is 1. The standard InChI is InChI=1S/C13H20N2O/c1-10-4-5-12(9-13(10)16)15-11-3-2-7-14-8-6-11/h4-5,9,11,14-16H,2-3,6-8H2,1H3. The smallest absolute Gasteiger partial charge is 0.120 e. The van der Waals surface area contributed by atoms with Gasteiger partial charge in [0, 0.05) is 17.8 Å². The zero-order chi connectivity index (χ0) is 11.4. The maximum Gasteiger partial charge on any atom is 0.120 e. The van der Waals surface area contributed by atoms with Crippen LogP contribution in [-0.2, 0) is 0 Å². The Balaban J connectivity index is 1.99. The zero-order valence-electron chi connectivity index (χ0n) is 9.79. The molecule has 1 saturated heterocycles. The third-order valence-electron chi connectivity index (χ3n) is 3.16.